The number of nitrogens with zero attached hydrogens (tertiary/aromatic N) is 1. The van der Waals surface area contributed by atoms with Crippen molar-refractivity contribution in [1.82, 2.24) is 10.2 Å². The number of nitrogens with one attached hydrogen (secondary N) is 1. The molecule has 3 unspecified atom stereocenters. The Kier molecular flexibility index (Phi) is 4.61. The average Bonchev–Trinajstić information content (AvgIpc) is 2.83. The Bertz CT molecular complexity index is 329. The lowest BCUT2D eigenvalue weighted by atomic mass is 9.94. The summed E-state index contributed by atoms with van der Waals surface area (Å²) in [6.07, 6.45) is 7.98. The van der Waals surface area contributed by atoms with Gasteiger partial charge in [-0.15, -0.1) is 0 Å². The van der Waals surface area contributed by atoms with Gasteiger partial charge in [0.25, 0.3) is 0 Å². The van der Waals surface area contributed by atoms with Gasteiger partial charge < -0.3 is 15.0 Å². The van der Waals surface area contributed by atoms with Crippen molar-refractivity contribution in [2.75, 3.05) is 19.8 Å². The molecule has 3 aliphatic heterocycles. The van der Waals surface area contributed by atoms with Gasteiger partial charge in [0.15, 0.2) is 0 Å². The zero-order chi connectivity index (χ0) is 13.9. The van der Waals surface area contributed by atoms with Crippen LogP contribution < -0.4 is 5.32 Å². The maximum Gasteiger partial charge on any atom is 0.228 e. The predicted molar refractivity (Wildman–Crippen MR) is 78.5 cm³/mol. The second kappa shape index (κ2) is 6.44. The highest BCUT2D eigenvalue weighted by molar-refractivity contribution is 5.79. The highest BCUT2D eigenvalue weighted by Gasteiger charge is 2.38. The summed E-state index contributed by atoms with van der Waals surface area (Å²) in [6.45, 7) is 4.55. The molecule has 4 nitrogen and oxygen atoms in total. The molecule has 3 saturated heterocycles. The summed E-state index contributed by atoms with van der Waals surface area (Å²) in [5.74, 6) is 0.473. The Hall–Kier alpha value is -0.610. The van der Waals surface area contributed by atoms with E-state index in [-0.39, 0.29) is 5.92 Å². The first-order valence-corrected chi connectivity index (χ1v) is 8.42. The molecule has 3 fully saturated rings. The van der Waals surface area contributed by atoms with E-state index in [1.807, 2.05) is 0 Å². The number of hydrogen-bond acceptors (Lipinski definition) is 3. The molecule has 3 heterocycles. The van der Waals surface area contributed by atoms with Crippen LogP contribution in [0.1, 0.15) is 51.9 Å². The summed E-state index contributed by atoms with van der Waals surface area (Å²) in [6, 6.07) is 1.75. The van der Waals surface area contributed by atoms with E-state index in [2.05, 4.69) is 17.1 Å². The van der Waals surface area contributed by atoms with Crippen molar-refractivity contribution in [2.24, 2.45) is 5.92 Å². The van der Waals surface area contributed by atoms with Crippen molar-refractivity contribution in [1.29, 1.82) is 0 Å². The average molecular weight is 280 g/mol. The lowest BCUT2D eigenvalue weighted by Gasteiger charge is -2.40. The molecule has 20 heavy (non-hydrogen) atoms. The van der Waals surface area contributed by atoms with Crippen LogP contribution in [-0.2, 0) is 9.53 Å². The molecular weight excluding hydrogens is 252 g/mol. The van der Waals surface area contributed by atoms with Gasteiger partial charge >= 0.3 is 0 Å². The summed E-state index contributed by atoms with van der Waals surface area (Å²) in [5, 5.41) is 3.67. The summed E-state index contributed by atoms with van der Waals surface area (Å²) >= 11 is 0. The quantitative estimate of drug-likeness (QED) is 0.855. The minimum Gasteiger partial charge on any atom is -0.381 e. The molecule has 114 valence electrons. The van der Waals surface area contributed by atoms with Crippen LogP contribution in [0.3, 0.4) is 0 Å². The van der Waals surface area contributed by atoms with Crippen LogP contribution >= 0.6 is 0 Å². The number of ether oxygens (including phenoxy) is 1. The van der Waals surface area contributed by atoms with E-state index in [1.54, 1.807) is 0 Å². The third-order valence-corrected chi connectivity index (χ3v) is 5.15. The van der Waals surface area contributed by atoms with E-state index in [4.69, 9.17) is 4.74 Å². The van der Waals surface area contributed by atoms with Gasteiger partial charge in [0, 0.05) is 31.3 Å². The Morgan fingerprint density at radius 3 is 2.60 bits per heavy atom. The van der Waals surface area contributed by atoms with Crippen molar-refractivity contribution in [3.8, 4) is 0 Å². The molecule has 0 aromatic carbocycles. The number of hydrogen-bond donors (Lipinski definition) is 1. The van der Waals surface area contributed by atoms with Gasteiger partial charge in [-0.25, -0.2) is 0 Å². The summed E-state index contributed by atoms with van der Waals surface area (Å²) in [5.41, 5.74) is 0. The van der Waals surface area contributed by atoms with Crippen molar-refractivity contribution in [2.45, 2.75) is 70.0 Å². The van der Waals surface area contributed by atoms with Crippen molar-refractivity contribution in [3.63, 3.8) is 0 Å². The Balaban J connectivity index is 1.66. The number of amides is 1. The fourth-order valence-corrected chi connectivity index (χ4v) is 4.17. The minimum atomic E-state index is 0.114. The first-order chi connectivity index (χ1) is 9.78. The van der Waals surface area contributed by atoms with Crippen molar-refractivity contribution >= 4 is 5.91 Å². The van der Waals surface area contributed by atoms with Crippen LogP contribution in [0.2, 0.25) is 0 Å². The smallest absolute Gasteiger partial charge is 0.228 e. The summed E-state index contributed by atoms with van der Waals surface area (Å²) in [7, 11) is 0. The third kappa shape index (κ3) is 3.01. The number of piperidine rings is 1. The first-order valence-electron chi connectivity index (χ1n) is 8.42. The number of carbonyl (C=O) groups excluding carboxylic acids is 1. The van der Waals surface area contributed by atoms with Gasteiger partial charge in [0.1, 0.15) is 0 Å². The van der Waals surface area contributed by atoms with Crippen LogP contribution in [-0.4, -0.2) is 48.7 Å². The van der Waals surface area contributed by atoms with Crippen LogP contribution in [0.15, 0.2) is 0 Å². The second-order valence-electron chi connectivity index (χ2n) is 6.71. The summed E-state index contributed by atoms with van der Waals surface area (Å²) in [4.78, 5) is 15.0. The highest BCUT2D eigenvalue weighted by atomic mass is 16.5. The van der Waals surface area contributed by atoms with E-state index >= 15 is 0 Å². The molecule has 4 heteroatoms. The van der Waals surface area contributed by atoms with Gasteiger partial charge in [-0.2, -0.15) is 0 Å². The zero-order valence-corrected chi connectivity index (χ0v) is 12.6. The number of rotatable bonds is 4. The Morgan fingerprint density at radius 1 is 1.25 bits per heavy atom. The fourth-order valence-electron chi connectivity index (χ4n) is 4.17. The van der Waals surface area contributed by atoms with Gasteiger partial charge in [0.2, 0.25) is 5.91 Å². The van der Waals surface area contributed by atoms with Gasteiger partial charge in [-0.3, -0.25) is 4.79 Å². The van der Waals surface area contributed by atoms with E-state index in [9.17, 15) is 4.79 Å². The van der Waals surface area contributed by atoms with E-state index in [0.29, 0.717) is 30.6 Å². The van der Waals surface area contributed by atoms with Crippen molar-refractivity contribution in [3.05, 3.63) is 0 Å². The lowest BCUT2D eigenvalue weighted by Crippen LogP contribution is -2.52. The zero-order valence-electron chi connectivity index (χ0n) is 12.6. The first kappa shape index (κ1) is 14.3. The molecule has 0 aromatic heterocycles. The number of fused-ring (bicyclic) bond motifs is 2. The molecule has 3 rings (SSSR count). The van der Waals surface area contributed by atoms with E-state index < -0.39 is 0 Å². The molecule has 1 amide bonds. The maximum atomic E-state index is 12.8. The SMILES string of the molecule is CCCN(C(=O)C1CCCOC1)C1CC2CCC(C1)N2. The van der Waals surface area contributed by atoms with Crippen LogP contribution in [0.5, 0.6) is 0 Å². The number of carbonyl (C=O) groups is 1. The standard InChI is InChI=1S/C16H28N2O2/c1-2-7-18(16(19)12-4-3-8-20-11-12)15-9-13-5-6-14(10-15)17-13/h12-15,17H,2-11H2,1H3. The van der Waals surface area contributed by atoms with Gasteiger partial charge in [-0.05, 0) is 44.9 Å². The monoisotopic (exact) mass is 280 g/mol. The third-order valence-electron chi connectivity index (χ3n) is 5.15. The van der Waals surface area contributed by atoms with Crippen molar-refractivity contribution < 1.29 is 9.53 Å². The Labute approximate surface area is 122 Å². The summed E-state index contributed by atoms with van der Waals surface area (Å²) < 4.78 is 5.51. The molecule has 0 aromatic rings. The molecular formula is C16H28N2O2. The lowest BCUT2D eigenvalue weighted by molar-refractivity contribution is -0.143. The second-order valence-corrected chi connectivity index (χ2v) is 6.71. The molecule has 3 atom stereocenters. The molecule has 3 aliphatic rings. The van der Waals surface area contributed by atoms with Crippen LogP contribution in [0.25, 0.3) is 0 Å². The molecule has 0 spiro atoms. The topological polar surface area (TPSA) is 41.6 Å². The predicted octanol–water partition coefficient (Wildman–Crippen LogP) is 1.93. The van der Waals surface area contributed by atoms with Crippen LogP contribution in [0.4, 0.5) is 0 Å². The molecule has 1 N–H and O–H groups in total. The Morgan fingerprint density at radius 2 is 2.00 bits per heavy atom. The fraction of sp³-hybridized carbons (Fsp3) is 0.938. The maximum absolute atomic E-state index is 12.8. The van der Waals surface area contributed by atoms with Gasteiger partial charge in [0.05, 0.1) is 12.5 Å². The molecule has 0 radical (unpaired) electrons. The minimum absolute atomic E-state index is 0.114. The molecule has 0 aliphatic carbocycles. The molecule has 0 saturated carbocycles. The van der Waals surface area contributed by atoms with E-state index in [0.717, 1.165) is 45.3 Å². The normalized spacial score (nSPS) is 36.9. The largest absolute Gasteiger partial charge is 0.381 e. The van der Waals surface area contributed by atoms with Gasteiger partial charge in [-0.1, -0.05) is 6.92 Å². The van der Waals surface area contributed by atoms with Crippen LogP contribution in [0, 0.1) is 5.92 Å². The highest BCUT2D eigenvalue weighted by Crippen LogP contribution is 2.31. The molecule has 2 bridgehead atoms. The van der Waals surface area contributed by atoms with E-state index in [1.165, 1.54) is 12.8 Å².